The molecular formula is C10H13N5OS. The highest BCUT2D eigenvalue weighted by atomic mass is 32.1. The zero-order chi connectivity index (χ0) is 12.4. The van der Waals surface area contributed by atoms with Crippen molar-refractivity contribution in [2.45, 2.75) is 19.8 Å². The Bertz CT molecular complexity index is 530. The van der Waals surface area contributed by atoms with Crippen LogP contribution in [0.15, 0.2) is 11.6 Å². The molecule has 2 aromatic heterocycles. The maximum Gasteiger partial charge on any atom is 0.279 e. The lowest BCUT2D eigenvalue weighted by Gasteiger charge is -1.98. The van der Waals surface area contributed by atoms with Crippen LogP contribution in [0.5, 0.6) is 0 Å². The lowest BCUT2D eigenvalue weighted by molar-refractivity contribution is 0.102. The van der Waals surface area contributed by atoms with Crippen molar-refractivity contribution in [2.24, 2.45) is 7.05 Å². The minimum atomic E-state index is -0.289. The quantitative estimate of drug-likeness (QED) is 0.900. The van der Waals surface area contributed by atoms with Gasteiger partial charge in [-0.05, 0) is 5.92 Å². The van der Waals surface area contributed by atoms with Crippen LogP contribution in [0.4, 0.5) is 5.13 Å². The highest BCUT2D eigenvalue weighted by Crippen LogP contribution is 2.21. The number of thiazole rings is 1. The Morgan fingerprint density at radius 2 is 2.29 bits per heavy atom. The molecule has 1 amide bonds. The number of anilines is 1. The van der Waals surface area contributed by atoms with Gasteiger partial charge in [-0.3, -0.25) is 14.8 Å². The number of hydrogen-bond acceptors (Lipinski definition) is 5. The molecule has 2 heterocycles. The van der Waals surface area contributed by atoms with Gasteiger partial charge in [0.05, 0.1) is 11.9 Å². The lowest BCUT2D eigenvalue weighted by Crippen LogP contribution is -2.12. The monoisotopic (exact) mass is 251 g/mol. The number of carbonyl (C=O) groups excluding carboxylic acids is 1. The molecule has 0 saturated carbocycles. The zero-order valence-corrected chi connectivity index (χ0v) is 10.7. The van der Waals surface area contributed by atoms with Crippen LogP contribution >= 0.6 is 11.3 Å². The van der Waals surface area contributed by atoms with Gasteiger partial charge in [-0.15, -0.1) is 16.4 Å². The fourth-order valence-corrected chi connectivity index (χ4v) is 2.09. The molecule has 0 aliphatic carbocycles. The largest absolute Gasteiger partial charge is 0.296 e. The number of aromatic nitrogens is 4. The van der Waals surface area contributed by atoms with Crippen LogP contribution in [0.3, 0.4) is 0 Å². The first-order valence-corrected chi connectivity index (χ1v) is 6.07. The molecule has 0 spiro atoms. The standard InChI is InChI=1S/C10H13N5OS/c1-6(2)8-5-17-10(11-8)12-9(16)7-4-15(3)14-13-7/h4-6H,1-3H3,(H,11,12,16). The summed E-state index contributed by atoms with van der Waals surface area (Å²) >= 11 is 1.41. The van der Waals surface area contributed by atoms with E-state index in [9.17, 15) is 4.79 Å². The number of nitrogens with one attached hydrogen (secondary N) is 1. The topological polar surface area (TPSA) is 72.7 Å². The molecule has 0 fully saturated rings. The van der Waals surface area contributed by atoms with Crippen molar-refractivity contribution in [3.63, 3.8) is 0 Å². The molecule has 0 radical (unpaired) electrons. The van der Waals surface area contributed by atoms with E-state index in [1.54, 1.807) is 13.2 Å². The van der Waals surface area contributed by atoms with Crippen LogP contribution < -0.4 is 5.32 Å². The summed E-state index contributed by atoms with van der Waals surface area (Å²) in [6.07, 6.45) is 1.56. The number of rotatable bonds is 3. The van der Waals surface area contributed by atoms with E-state index in [2.05, 4.69) is 34.5 Å². The normalized spacial score (nSPS) is 10.8. The van der Waals surface area contributed by atoms with Crippen LogP contribution in [-0.4, -0.2) is 25.9 Å². The second-order valence-electron chi connectivity index (χ2n) is 3.96. The molecule has 0 bridgehead atoms. The third-order valence-corrected chi connectivity index (χ3v) is 2.95. The predicted molar refractivity (Wildman–Crippen MR) is 65.2 cm³/mol. The minimum absolute atomic E-state index is 0.286. The number of aryl methyl sites for hydroxylation is 1. The Balaban J connectivity index is 2.07. The Labute approximate surface area is 103 Å². The Morgan fingerprint density at radius 3 is 2.82 bits per heavy atom. The molecular weight excluding hydrogens is 238 g/mol. The Morgan fingerprint density at radius 1 is 1.53 bits per heavy atom. The summed E-state index contributed by atoms with van der Waals surface area (Å²) in [5, 5.41) is 12.7. The molecule has 2 aromatic rings. The second-order valence-corrected chi connectivity index (χ2v) is 4.82. The van der Waals surface area contributed by atoms with E-state index >= 15 is 0 Å². The molecule has 0 unspecified atom stereocenters. The smallest absolute Gasteiger partial charge is 0.279 e. The van der Waals surface area contributed by atoms with E-state index in [0.717, 1.165) is 5.69 Å². The van der Waals surface area contributed by atoms with Crippen molar-refractivity contribution < 1.29 is 4.79 Å². The number of hydrogen-bond donors (Lipinski definition) is 1. The van der Waals surface area contributed by atoms with E-state index in [-0.39, 0.29) is 11.6 Å². The van der Waals surface area contributed by atoms with Crippen molar-refractivity contribution >= 4 is 22.4 Å². The SMILES string of the molecule is CC(C)c1csc(NC(=O)c2cn(C)nn2)n1. The first-order valence-electron chi connectivity index (χ1n) is 5.19. The summed E-state index contributed by atoms with van der Waals surface area (Å²) in [4.78, 5) is 16.1. The fourth-order valence-electron chi connectivity index (χ4n) is 1.22. The maximum atomic E-state index is 11.7. The van der Waals surface area contributed by atoms with Crippen LogP contribution in [0.25, 0.3) is 0 Å². The van der Waals surface area contributed by atoms with E-state index in [1.807, 2.05) is 5.38 Å². The van der Waals surface area contributed by atoms with Gasteiger partial charge in [0.25, 0.3) is 5.91 Å². The van der Waals surface area contributed by atoms with Gasteiger partial charge in [0.2, 0.25) is 0 Å². The van der Waals surface area contributed by atoms with Crippen LogP contribution in [0.2, 0.25) is 0 Å². The molecule has 0 aliphatic heterocycles. The average Bonchev–Trinajstić information content (AvgIpc) is 2.86. The summed E-state index contributed by atoms with van der Waals surface area (Å²) < 4.78 is 1.48. The Hall–Kier alpha value is -1.76. The van der Waals surface area contributed by atoms with Gasteiger partial charge in [-0.2, -0.15) is 0 Å². The summed E-state index contributed by atoms with van der Waals surface area (Å²) in [6, 6.07) is 0. The first kappa shape index (κ1) is 11.7. The van der Waals surface area contributed by atoms with Crippen LogP contribution in [0.1, 0.15) is 35.9 Å². The molecule has 1 N–H and O–H groups in total. The van der Waals surface area contributed by atoms with Crippen molar-refractivity contribution in [1.29, 1.82) is 0 Å². The molecule has 2 rings (SSSR count). The first-order chi connectivity index (χ1) is 8.06. The van der Waals surface area contributed by atoms with Crippen molar-refractivity contribution in [3.8, 4) is 0 Å². The van der Waals surface area contributed by atoms with E-state index in [4.69, 9.17) is 0 Å². The van der Waals surface area contributed by atoms with Gasteiger partial charge >= 0.3 is 0 Å². The summed E-state index contributed by atoms with van der Waals surface area (Å²) in [5.41, 5.74) is 1.26. The molecule has 0 saturated heterocycles. The third-order valence-electron chi connectivity index (χ3n) is 2.17. The van der Waals surface area contributed by atoms with Crippen molar-refractivity contribution in [3.05, 3.63) is 23.0 Å². The van der Waals surface area contributed by atoms with E-state index < -0.39 is 0 Å². The van der Waals surface area contributed by atoms with Gasteiger partial charge < -0.3 is 0 Å². The number of nitrogens with zero attached hydrogens (tertiary/aromatic N) is 4. The molecule has 0 atom stereocenters. The fraction of sp³-hybridized carbons (Fsp3) is 0.400. The molecule has 90 valence electrons. The van der Waals surface area contributed by atoms with Gasteiger partial charge in [-0.1, -0.05) is 19.1 Å². The van der Waals surface area contributed by atoms with Crippen molar-refractivity contribution in [1.82, 2.24) is 20.0 Å². The summed E-state index contributed by atoms with van der Waals surface area (Å²) in [7, 11) is 1.71. The lowest BCUT2D eigenvalue weighted by atomic mass is 10.2. The maximum absolute atomic E-state index is 11.7. The number of amides is 1. The molecule has 0 aromatic carbocycles. The highest BCUT2D eigenvalue weighted by molar-refractivity contribution is 7.14. The number of carbonyl (C=O) groups is 1. The molecule has 7 heteroatoms. The van der Waals surface area contributed by atoms with Gasteiger partial charge in [0.1, 0.15) is 0 Å². The van der Waals surface area contributed by atoms with E-state index in [0.29, 0.717) is 11.0 Å². The van der Waals surface area contributed by atoms with Crippen molar-refractivity contribution in [2.75, 3.05) is 5.32 Å². The van der Waals surface area contributed by atoms with Gasteiger partial charge in [0, 0.05) is 12.4 Å². The zero-order valence-electron chi connectivity index (χ0n) is 9.84. The van der Waals surface area contributed by atoms with Crippen LogP contribution in [-0.2, 0) is 7.05 Å². The summed E-state index contributed by atoms with van der Waals surface area (Å²) in [6.45, 7) is 4.12. The highest BCUT2D eigenvalue weighted by Gasteiger charge is 2.12. The Kier molecular flexibility index (Phi) is 3.19. The van der Waals surface area contributed by atoms with Crippen LogP contribution in [0, 0.1) is 0 Å². The average molecular weight is 251 g/mol. The second kappa shape index (κ2) is 4.62. The molecule has 0 aliphatic rings. The van der Waals surface area contributed by atoms with Gasteiger partial charge in [0.15, 0.2) is 10.8 Å². The predicted octanol–water partition coefficient (Wildman–Crippen LogP) is 1.65. The molecule has 6 nitrogen and oxygen atoms in total. The minimum Gasteiger partial charge on any atom is -0.296 e. The van der Waals surface area contributed by atoms with E-state index in [1.165, 1.54) is 16.0 Å². The summed E-state index contributed by atoms with van der Waals surface area (Å²) in [5.74, 6) is 0.0659. The molecule has 17 heavy (non-hydrogen) atoms. The third kappa shape index (κ3) is 2.68. The van der Waals surface area contributed by atoms with Gasteiger partial charge in [-0.25, -0.2) is 4.98 Å².